The Kier molecular flexibility index (Phi) is 5.62. The summed E-state index contributed by atoms with van der Waals surface area (Å²) in [6, 6.07) is 13.5. The topological polar surface area (TPSA) is 49.4 Å². The number of halogens is 1. The molecule has 0 aliphatic carbocycles. The van der Waals surface area contributed by atoms with Gasteiger partial charge in [-0.2, -0.15) is 0 Å². The molecule has 1 aliphatic heterocycles. The minimum absolute atomic E-state index is 0.00805. The van der Waals surface area contributed by atoms with Crippen LogP contribution in [0.4, 0.5) is 5.69 Å². The van der Waals surface area contributed by atoms with Gasteiger partial charge in [0.2, 0.25) is 11.8 Å². The van der Waals surface area contributed by atoms with Crippen LogP contribution in [0, 0.1) is 19.8 Å². The van der Waals surface area contributed by atoms with Crippen molar-refractivity contribution in [1.82, 2.24) is 5.32 Å². The van der Waals surface area contributed by atoms with Crippen molar-refractivity contribution in [3.8, 4) is 0 Å². The van der Waals surface area contributed by atoms with Crippen molar-refractivity contribution in [3.05, 3.63) is 64.2 Å². The Bertz CT molecular complexity index is 835. The second-order valence-electron chi connectivity index (χ2n) is 6.80. The van der Waals surface area contributed by atoms with Gasteiger partial charge < -0.3 is 10.2 Å². The van der Waals surface area contributed by atoms with Gasteiger partial charge in [0.05, 0.1) is 5.92 Å². The molecule has 1 unspecified atom stereocenters. The Morgan fingerprint density at radius 1 is 1.23 bits per heavy atom. The zero-order valence-corrected chi connectivity index (χ0v) is 15.8. The molecule has 1 heterocycles. The number of hydrogen-bond acceptors (Lipinski definition) is 2. The summed E-state index contributed by atoms with van der Waals surface area (Å²) in [5.41, 5.74) is 4.22. The van der Waals surface area contributed by atoms with E-state index in [2.05, 4.69) is 5.32 Å². The minimum atomic E-state index is -0.304. The van der Waals surface area contributed by atoms with Crippen LogP contribution < -0.4 is 10.2 Å². The molecule has 0 spiro atoms. The maximum absolute atomic E-state index is 12.5. The summed E-state index contributed by atoms with van der Waals surface area (Å²) >= 11 is 5.97. The number of aryl methyl sites for hydroxylation is 1. The van der Waals surface area contributed by atoms with Crippen LogP contribution in [0.2, 0.25) is 5.02 Å². The summed E-state index contributed by atoms with van der Waals surface area (Å²) in [5, 5.41) is 3.64. The predicted octanol–water partition coefficient (Wildman–Crippen LogP) is 3.67. The zero-order valence-electron chi connectivity index (χ0n) is 15.1. The molecule has 2 aromatic carbocycles. The Balaban J connectivity index is 1.58. The fraction of sp³-hybridized carbons (Fsp3) is 0.333. The fourth-order valence-corrected chi connectivity index (χ4v) is 3.52. The van der Waals surface area contributed by atoms with Crippen LogP contribution in [-0.4, -0.2) is 24.9 Å². The number of carbonyl (C=O) groups excluding carboxylic acids is 2. The van der Waals surface area contributed by atoms with E-state index in [1.54, 1.807) is 4.90 Å². The lowest BCUT2D eigenvalue weighted by Gasteiger charge is -2.20. The van der Waals surface area contributed by atoms with Crippen LogP contribution in [0.1, 0.15) is 23.1 Å². The van der Waals surface area contributed by atoms with E-state index in [9.17, 15) is 9.59 Å². The van der Waals surface area contributed by atoms with Crippen molar-refractivity contribution in [2.24, 2.45) is 5.92 Å². The SMILES string of the molecule is Cc1cccc(N2CC(C(=O)NCCc3cccc(Cl)c3)CC2=O)c1C. The molecular formula is C21H23ClN2O2. The quantitative estimate of drug-likeness (QED) is 0.873. The van der Waals surface area contributed by atoms with Gasteiger partial charge in [0.25, 0.3) is 0 Å². The third kappa shape index (κ3) is 4.07. The summed E-state index contributed by atoms with van der Waals surface area (Å²) < 4.78 is 0. The first-order chi connectivity index (χ1) is 12.5. The zero-order chi connectivity index (χ0) is 18.7. The molecule has 136 valence electrons. The van der Waals surface area contributed by atoms with E-state index in [1.165, 1.54) is 0 Å². The standard InChI is InChI=1S/C21H23ClN2O2/c1-14-5-3-8-19(15(14)2)24-13-17(12-20(24)25)21(26)23-10-9-16-6-4-7-18(22)11-16/h3-8,11,17H,9-10,12-13H2,1-2H3,(H,23,26). The highest BCUT2D eigenvalue weighted by Crippen LogP contribution is 2.29. The maximum atomic E-state index is 12.5. The van der Waals surface area contributed by atoms with Crippen LogP contribution in [-0.2, 0) is 16.0 Å². The first-order valence-corrected chi connectivity index (χ1v) is 9.22. The number of carbonyl (C=O) groups is 2. The summed E-state index contributed by atoms with van der Waals surface area (Å²) in [6.45, 7) is 5.01. The number of hydrogen-bond donors (Lipinski definition) is 1. The second-order valence-corrected chi connectivity index (χ2v) is 7.23. The van der Waals surface area contributed by atoms with E-state index in [0.29, 0.717) is 24.5 Å². The molecule has 0 aromatic heterocycles. The van der Waals surface area contributed by atoms with Gasteiger partial charge in [0, 0.05) is 30.2 Å². The molecule has 2 aromatic rings. The van der Waals surface area contributed by atoms with E-state index < -0.39 is 0 Å². The van der Waals surface area contributed by atoms with Gasteiger partial charge in [-0.25, -0.2) is 0 Å². The largest absolute Gasteiger partial charge is 0.355 e. The molecule has 1 atom stereocenters. The van der Waals surface area contributed by atoms with Crippen LogP contribution in [0.5, 0.6) is 0 Å². The number of nitrogens with zero attached hydrogens (tertiary/aromatic N) is 1. The predicted molar refractivity (Wildman–Crippen MR) is 105 cm³/mol. The first kappa shape index (κ1) is 18.5. The molecule has 1 N–H and O–H groups in total. The lowest BCUT2D eigenvalue weighted by atomic mass is 10.1. The first-order valence-electron chi connectivity index (χ1n) is 8.84. The number of benzene rings is 2. The Morgan fingerprint density at radius 2 is 2.00 bits per heavy atom. The van der Waals surface area contributed by atoms with Crippen LogP contribution in [0.25, 0.3) is 0 Å². The average molecular weight is 371 g/mol. The normalized spacial score (nSPS) is 16.8. The van der Waals surface area contributed by atoms with Gasteiger partial charge in [-0.3, -0.25) is 9.59 Å². The van der Waals surface area contributed by atoms with E-state index in [4.69, 9.17) is 11.6 Å². The van der Waals surface area contributed by atoms with Crippen molar-refractivity contribution in [1.29, 1.82) is 0 Å². The molecule has 1 aliphatic rings. The molecule has 0 saturated carbocycles. The number of anilines is 1. The van der Waals surface area contributed by atoms with E-state index >= 15 is 0 Å². The number of amides is 2. The van der Waals surface area contributed by atoms with Gasteiger partial charge in [-0.1, -0.05) is 35.9 Å². The van der Waals surface area contributed by atoms with Gasteiger partial charge in [0.1, 0.15) is 0 Å². The van der Waals surface area contributed by atoms with Gasteiger partial charge >= 0.3 is 0 Å². The fourth-order valence-electron chi connectivity index (χ4n) is 3.31. The average Bonchev–Trinajstić information content (AvgIpc) is 2.99. The number of rotatable bonds is 5. The summed E-state index contributed by atoms with van der Waals surface area (Å²) in [7, 11) is 0. The van der Waals surface area contributed by atoms with Crippen LogP contribution in [0.3, 0.4) is 0 Å². The molecule has 1 fully saturated rings. The summed E-state index contributed by atoms with van der Waals surface area (Å²) in [6.07, 6.45) is 0.976. The maximum Gasteiger partial charge on any atom is 0.227 e. The van der Waals surface area contributed by atoms with E-state index in [1.807, 2.05) is 56.3 Å². The van der Waals surface area contributed by atoms with Gasteiger partial charge in [0.15, 0.2) is 0 Å². The van der Waals surface area contributed by atoms with E-state index in [0.717, 1.165) is 22.4 Å². The third-order valence-electron chi connectivity index (χ3n) is 4.96. The highest BCUT2D eigenvalue weighted by molar-refractivity contribution is 6.30. The molecule has 3 rings (SSSR count). The molecule has 26 heavy (non-hydrogen) atoms. The minimum Gasteiger partial charge on any atom is -0.355 e. The van der Waals surface area contributed by atoms with Crippen LogP contribution >= 0.6 is 11.6 Å². The molecule has 5 heteroatoms. The summed E-state index contributed by atoms with van der Waals surface area (Å²) in [4.78, 5) is 26.6. The van der Waals surface area contributed by atoms with Crippen LogP contribution in [0.15, 0.2) is 42.5 Å². The second kappa shape index (κ2) is 7.92. The van der Waals surface area contributed by atoms with Crippen molar-refractivity contribution >= 4 is 29.1 Å². The Morgan fingerprint density at radius 3 is 2.77 bits per heavy atom. The van der Waals surface area contributed by atoms with Gasteiger partial charge in [-0.05, 0) is 55.2 Å². The smallest absolute Gasteiger partial charge is 0.227 e. The van der Waals surface area contributed by atoms with Crippen molar-refractivity contribution in [3.63, 3.8) is 0 Å². The lowest BCUT2D eigenvalue weighted by Crippen LogP contribution is -2.34. The highest BCUT2D eigenvalue weighted by Gasteiger charge is 2.35. The van der Waals surface area contributed by atoms with Crippen molar-refractivity contribution in [2.45, 2.75) is 26.7 Å². The van der Waals surface area contributed by atoms with Crippen molar-refractivity contribution < 1.29 is 9.59 Å². The third-order valence-corrected chi connectivity index (χ3v) is 5.20. The Hall–Kier alpha value is -2.33. The lowest BCUT2D eigenvalue weighted by molar-refractivity contribution is -0.126. The van der Waals surface area contributed by atoms with Crippen molar-refractivity contribution in [2.75, 3.05) is 18.0 Å². The molecule has 4 nitrogen and oxygen atoms in total. The number of nitrogens with one attached hydrogen (secondary N) is 1. The molecule has 1 saturated heterocycles. The molecular weight excluding hydrogens is 348 g/mol. The van der Waals surface area contributed by atoms with Gasteiger partial charge in [-0.15, -0.1) is 0 Å². The molecule has 0 radical (unpaired) electrons. The summed E-state index contributed by atoms with van der Waals surface area (Å²) in [5.74, 6) is -0.358. The van der Waals surface area contributed by atoms with E-state index in [-0.39, 0.29) is 24.2 Å². The molecule has 0 bridgehead atoms. The Labute approximate surface area is 159 Å². The molecule has 2 amide bonds. The highest BCUT2D eigenvalue weighted by atomic mass is 35.5. The monoisotopic (exact) mass is 370 g/mol.